The number of ether oxygens (including phenoxy) is 1. The van der Waals surface area contributed by atoms with Gasteiger partial charge in [0.15, 0.2) is 0 Å². The highest BCUT2D eigenvalue weighted by Crippen LogP contribution is 2.10. The minimum atomic E-state index is -0.205. The summed E-state index contributed by atoms with van der Waals surface area (Å²) in [7, 11) is 1.41. The van der Waals surface area contributed by atoms with Crippen LogP contribution in [0.3, 0.4) is 0 Å². The zero-order valence-corrected chi connectivity index (χ0v) is 10.2. The molecule has 3 nitrogen and oxygen atoms in total. The third kappa shape index (κ3) is 4.83. The highest BCUT2D eigenvalue weighted by molar-refractivity contribution is 5.72. The monoisotopic (exact) mass is 233 g/mol. The van der Waals surface area contributed by atoms with Crippen LogP contribution in [-0.2, 0) is 22.5 Å². The van der Waals surface area contributed by atoms with E-state index in [2.05, 4.69) is 16.6 Å². The summed E-state index contributed by atoms with van der Waals surface area (Å²) < 4.78 is 4.68. The van der Waals surface area contributed by atoms with E-state index in [-0.39, 0.29) is 5.97 Å². The Balaban J connectivity index is 2.57. The maximum Gasteiger partial charge on any atom is 0.309 e. The summed E-state index contributed by atoms with van der Waals surface area (Å²) in [6.07, 6.45) is 3.16. The molecule has 3 heteroatoms. The smallest absolute Gasteiger partial charge is 0.309 e. The summed E-state index contributed by atoms with van der Waals surface area (Å²) in [6.45, 7) is 5.34. The first kappa shape index (κ1) is 13.5. The van der Waals surface area contributed by atoms with E-state index in [9.17, 15) is 4.79 Å². The Bertz CT molecular complexity index is 374. The Morgan fingerprint density at radius 1 is 1.41 bits per heavy atom. The lowest BCUT2D eigenvalue weighted by atomic mass is 10.0. The van der Waals surface area contributed by atoms with Gasteiger partial charge in [-0.3, -0.25) is 4.79 Å². The van der Waals surface area contributed by atoms with E-state index in [4.69, 9.17) is 0 Å². The van der Waals surface area contributed by atoms with Crippen molar-refractivity contribution in [3.8, 4) is 0 Å². The number of esters is 1. The largest absolute Gasteiger partial charge is 0.469 e. The second kappa shape index (κ2) is 7.63. The van der Waals surface area contributed by atoms with Gasteiger partial charge in [-0.25, -0.2) is 0 Å². The topological polar surface area (TPSA) is 38.3 Å². The second-order valence-electron chi connectivity index (χ2n) is 3.78. The van der Waals surface area contributed by atoms with Gasteiger partial charge in [0.2, 0.25) is 0 Å². The van der Waals surface area contributed by atoms with Gasteiger partial charge < -0.3 is 10.1 Å². The Morgan fingerprint density at radius 2 is 2.12 bits per heavy atom. The van der Waals surface area contributed by atoms with Crippen LogP contribution in [0.4, 0.5) is 0 Å². The van der Waals surface area contributed by atoms with Crippen molar-refractivity contribution < 1.29 is 9.53 Å². The standard InChI is InChI=1S/C14H19NO2/c1-3-4-9-15-11-13-8-6-5-7-12(13)10-14(16)17-2/h3,5-8,15H,1,4,9-11H2,2H3. The molecule has 1 aromatic carbocycles. The van der Waals surface area contributed by atoms with E-state index >= 15 is 0 Å². The van der Waals surface area contributed by atoms with E-state index < -0.39 is 0 Å². The molecular formula is C14H19NO2. The molecule has 0 spiro atoms. The van der Waals surface area contributed by atoms with Crippen LogP contribution in [0.2, 0.25) is 0 Å². The minimum Gasteiger partial charge on any atom is -0.469 e. The normalized spacial score (nSPS) is 9.94. The number of carbonyl (C=O) groups is 1. The average Bonchev–Trinajstić information content (AvgIpc) is 2.36. The molecule has 1 aromatic rings. The molecule has 0 aliphatic heterocycles. The Morgan fingerprint density at radius 3 is 2.76 bits per heavy atom. The number of hydrogen-bond donors (Lipinski definition) is 1. The van der Waals surface area contributed by atoms with Gasteiger partial charge in [-0.05, 0) is 24.1 Å². The number of benzene rings is 1. The molecule has 0 aromatic heterocycles. The van der Waals surface area contributed by atoms with Crippen LogP contribution >= 0.6 is 0 Å². The first-order chi connectivity index (χ1) is 8.27. The molecule has 1 rings (SSSR count). The van der Waals surface area contributed by atoms with Crippen molar-refractivity contribution in [2.24, 2.45) is 0 Å². The third-order valence-electron chi connectivity index (χ3n) is 2.52. The Labute approximate surface area is 102 Å². The summed E-state index contributed by atoms with van der Waals surface area (Å²) in [6, 6.07) is 7.90. The highest BCUT2D eigenvalue weighted by Gasteiger charge is 2.06. The molecule has 0 aliphatic carbocycles. The van der Waals surface area contributed by atoms with Crippen molar-refractivity contribution in [2.45, 2.75) is 19.4 Å². The van der Waals surface area contributed by atoms with Gasteiger partial charge in [0.1, 0.15) is 0 Å². The minimum absolute atomic E-state index is 0.205. The molecule has 0 radical (unpaired) electrons. The predicted molar refractivity (Wildman–Crippen MR) is 68.7 cm³/mol. The molecule has 0 unspecified atom stereocenters. The van der Waals surface area contributed by atoms with Gasteiger partial charge in [0.25, 0.3) is 0 Å². The lowest BCUT2D eigenvalue weighted by Gasteiger charge is -2.09. The van der Waals surface area contributed by atoms with Gasteiger partial charge in [0, 0.05) is 6.54 Å². The zero-order chi connectivity index (χ0) is 12.5. The van der Waals surface area contributed by atoms with Gasteiger partial charge in [0.05, 0.1) is 13.5 Å². The van der Waals surface area contributed by atoms with Gasteiger partial charge in [-0.1, -0.05) is 30.3 Å². The fraction of sp³-hybridized carbons (Fsp3) is 0.357. The van der Waals surface area contributed by atoms with Gasteiger partial charge >= 0.3 is 5.97 Å². The SMILES string of the molecule is C=CCCNCc1ccccc1CC(=O)OC. The van der Waals surface area contributed by atoms with Crippen LogP contribution < -0.4 is 5.32 Å². The molecule has 0 heterocycles. The lowest BCUT2D eigenvalue weighted by molar-refractivity contribution is -0.139. The van der Waals surface area contributed by atoms with Crippen LogP contribution in [0.5, 0.6) is 0 Å². The molecule has 0 atom stereocenters. The predicted octanol–water partition coefficient (Wildman–Crippen LogP) is 2.07. The van der Waals surface area contributed by atoms with Crippen LogP contribution in [0.25, 0.3) is 0 Å². The summed E-state index contributed by atoms with van der Waals surface area (Å²) >= 11 is 0. The van der Waals surface area contributed by atoms with Crippen molar-refractivity contribution in [3.63, 3.8) is 0 Å². The van der Waals surface area contributed by atoms with Crippen molar-refractivity contribution in [3.05, 3.63) is 48.0 Å². The molecule has 92 valence electrons. The van der Waals surface area contributed by atoms with Crippen LogP contribution in [0.1, 0.15) is 17.5 Å². The highest BCUT2D eigenvalue weighted by atomic mass is 16.5. The van der Waals surface area contributed by atoms with Crippen molar-refractivity contribution >= 4 is 5.97 Å². The first-order valence-corrected chi connectivity index (χ1v) is 5.73. The molecule has 1 N–H and O–H groups in total. The first-order valence-electron chi connectivity index (χ1n) is 5.73. The van der Waals surface area contributed by atoms with Crippen molar-refractivity contribution in [2.75, 3.05) is 13.7 Å². The number of carbonyl (C=O) groups excluding carboxylic acids is 1. The molecule has 0 saturated carbocycles. The number of nitrogens with one attached hydrogen (secondary N) is 1. The van der Waals surface area contributed by atoms with Gasteiger partial charge in [-0.15, -0.1) is 6.58 Å². The van der Waals surface area contributed by atoms with E-state index in [0.717, 1.165) is 30.6 Å². The molecule has 17 heavy (non-hydrogen) atoms. The molecule has 0 saturated heterocycles. The number of hydrogen-bond acceptors (Lipinski definition) is 3. The van der Waals surface area contributed by atoms with Crippen LogP contribution in [0.15, 0.2) is 36.9 Å². The third-order valence-corrected chi connectivity index (χ3v) is 2.52. The quantitative estimate of drug-likeness (QED) is 0.445. The van der Waals surface area contributed by atoms with Crippen LogP contribution in [-0.4, -0.2) is 19.6 Å². The average molecular weight is 233 g/mol. The van der Waals surface area contributed by atoms with E-state index in [1.165, 1.54) is 7.11 Å². The Hall–Kier alpha value is -1.61. The maximum atomic E-state index is 11.3. The van der Waals surface area contributed by atoms with E-state index in [1.54, 1.807) is 0 Å². The van der Waals surface area contributed by atoms with Crippen molar-refractivity contribution in [1.82, 2.24) is 5.32 Å². The van der Waals surface area contributed by atoms with E-state index in [1.807, 2.05) is 30.3 Å². The van der Waals surface area contributed by atoms with Crippen molar-refractivity contribution in [1.29, 1.82) is 0 Å². The number of rotatable bonds is 7. The number of methoxy groups -OCH3 is 1. The fourth-order valence-corrected chi connectivity index (χ4v) is 1.56. The second-order valence-corrected chi connectivity index (χ2v) is 3.78. The molecule has 0 fully saturated rings. The van der Waals surface area contributed by atoms with E-state index in [0.29, 0.717) is 6.42 Å². The molecule has 0 aliphatic rings. The summed E-state index contributed by atoms with van der Waals surface area (Å²) in [4.78, 5) is 11.3. The lowest BCUT2D eigenvalue weighted by Crippen LogP contribution is -2.16. The van der Waals surface area contributed by atoms with Crippen LogP contribution in [0, 0.1) is 0 Å². The summed E-state index contributed by atoms with van der Waals surface area (Å²) in [5.74, 6) is -0.205. The maximum absolute atomic E-state index is 11.3. The molecule has 0 bridgehead atoms. The molecular weight excluding hydrogens is 214 g/mol. The Kier molecular flexibility index (Phi) is 6.04. The fourth-order valence-electron chi connectivity index (χ4n) is 1.56. The molecule has 0 amide bonds. The summed E-state index contributed by atoms with van der Waals surface area (Å²) in [5.41, 5.74) is 2.16. The summed E-state index contributed by atoms with van der Waals surface area (Å²) in [5, 5.41) is 3.31. The zero-order valence-electron chi connectivity index (χ0n) is 10.2. The van der Waals surface area contributed by atoms with Gasteiger partial charge in [-0.2, -0.15) is 0 Å².